The van der Waals surface area contributed by atoms with Crippen molar-refractivity contribution >= 4 is 28.9 Å². The van der Waals surface area contributed by atoms with Gasteiger partial charge in [-0.05, 0) is 30.9 Å². The second kappa shape index (κ2) is 7.41. The zero-order valence-corrected chi connectivity index (χ0v) is 12.6. The number of aryl methyl sites for hydroxylation is 1. The lowest BCUT2D eigenvalue weighted by molar-refractivity contribution is 0.308. The summed E-state index contributed by atoms with van der Waals surface area (Å²) in [6, 6.07) is 13.7. The molecule has 0 aliphatic carbocycles. The number of hydrogen-bond acceptors (Lipinski definition) is 2. The summed E-state index contributed by atoms with van der Waals surface area (Å²) in [6.07, 6.45) is 3.10. The summed E-state index contributed by atoms with van der Waals surface area (Å²) in [5, 5.41) is 0.903. The minimum Gasteiger partial charge on any atom is -0.491 e. The third-order valence-corrected chi connectivity index (χ3v) is 3.74. The van der Waals surface area contributed by atoms with Gasteiger partial charge in [-0.25, -0.2) is 0 Å². The Kier molecular flexibility index (Phi) is 5.57. The van der Waals surface area contributed by atoms with Crippen LogP contribution in [0.5, 0.6) is 5.75 Å². The quantitative estimate of drug-likeness (QED) is 0.603. The molecule has 2 aromatic carbocycles. The van der Waals surface area contributed by atoms with E-state index in [2.05, 4.69) is 24.3 Å². The summed E-state index contributed by atoms with van der Waals surface area (Å²) < 4.78 is 5.64. The summed E-state index contributed by atoms with van der Waals surface area (Å²) >= 11 is 11.8. The highest BCUT2D eigenvalue weighted by atomic mass is 35.5. The maximum atomic E-state index is 5.94. The zero-order valence-electron chi connectivity index (χ0n) is 11.1. The number of anilines is 1. The minimum atomic E-state index is 0.445. The Balaban J connectivity index is 1.75. The van der Waals surface area contributed by atoms with Crippen LogP contribution in [-0.4, -0.2) is 6.61 Å². The number of unbranched alkanes of at least 4 members (excludes halogenated alkanes) is 1. The zero-order chi connectivity index (χ0) is 14.4. The Morgan fingerprint density at radius 2 is 1.65 bits per heavy atom. The maximum Gasteiger partial charge on any atom is 0.143 e. The average Bonchev–Trinajstić information content (AvgIpc) is 2.45. The Labute approximate surface area is 129 Å². The molecule has 20 heavy (non-hydrogen) atoms. The van der Waals surface area contributed by atoms with Crippen molar-refractivity contribution in [2.75, 3.05) is 12.3 Å². The largest absolute Gasteiger partial charge is 0.491 e. The molecule has 0 atom stereocenters. The Morgan fingerprint density at radius 1 is 0.950 bits per heavy atom. The van der Waals surface area contributed by atoms with Gasteiger partial charge in [-0.1, -0.05) is 53.5 Å². The van der Waals surface area contributed by atoms with Crippen LogP contribution < -0.4 is 10.5 Å². The van der Waals surface area contributed by atoms with E-state index in [9.17, 15) is 0 Å². The van der Waals surface area contributed by atoms with Gasteiger partial charge < -0.3 is 10.5 Å². The Hall–Kier alpha value is -1.38. The molecule has 0 bridgehead atoms. The van der Waals surface area contributed by atoms with E-state index in [1.807, 2.05) is 6.07 Å². The van der Waals surface area contributed by atoms with Gasteiger partial charge in [0.15, 0.2) is 0 Å². The molecule has 2 N–H and O–H groups in total. The van der Waals surface area contributed by atoms with Gasteiger partial charge in [0.25, 0.3) is 0 Å². The van der Waals surface area contributed by atoms with Crippen molar-refractivity contribution < 1.29 is 4.74 Å². The van der Waals surface area contributed by atoms with Gasteiger partial charge in [0.1, 0.15) is 5.75 Å². The molecule has 0 unspecified atom stereocenters. The van der Waals surface area contributed by atoms with Crippen LogP contribution in [0.1, 0.15) is 18.4 Å². The first-order chi connectivity index (χ1) is 9.66. The van der Waals surface area contributed by atoms with E-state index in [1.54, 1.807) is 12.1 Å². The smallest absolute Gasteiger partial charge is 0.143 e. The molecule has 4 heteroatoms. The molecular formula is C16H17Cl2NO. The molecule has 2 nitrogen and oxygen atoms in total. The molecule has 0 heterocycles. The van der Waals surface area contributed by atoms with E-state index in [0.29, 0.717) is 28.1 Å². The molecule has 106 valence electrons. The number of ether oxygens (including phenoxy) is 1. The summed E-state index contributed by atoms with van der Waals surface area (Å²) in [4.78, 5) is 0. The fraction of sp³-hybridized carbons (Fsp3) is 0.250. The van der Waals surface area contributed by atoms with E-state index in [4.69, 9.17) is 33.7 Å². The van der Waals surface area contributed by atoms with Crippen molar-refractivity contribution in [3.63, 3.8) is 0 Å². The van der Waals surface area contributed by atoms with Crippen molar-refractivity contribution in [3.8, 4) is 5.75 Å². The van der Waals surface area contributed by atoms with Gasteiger partial charge in [-0.15, -0.1) is 0 Å². The van der Waals surface area contributed by atoms with E-state index in [-0.39, 0.29) is 0 Å². The molecule has 0 saturated heterocycles. The summed E-state index contributed by atoms with van der Waals surface area (Å²) in [7, 11) is 0. The Bertz CT molecular complexity index is 558. The monoisotopic (exact) mass is 309 g/mol. The summed E-state index contributed by atoms with van der Waals surface area (Å²) in [5.41, 5.74) is 7.69. The van der Waals surface area contributed by atoms with Crippen LogP contribution in [-0.2, 0) is 6.42 Å². The lowest BCUT2D eigenvalue weighted by Crippen LogP contribution is -2.01. The first-order valence-electron chi connectivity index (χ1n) is 6.58. The van der Waals surface area contributed by atoms with Gasteiger partial charge in [0.2, 0.25) is 0 Å². The third kappa shape index (κ3) is 4.32. The minimum absolute atomic E-state index is 0.445. The summed E-state index contributed by atoms with van der Waals surface area (Å²) in [6.45, 7) is 0.620. The molecule has 0 aliphatic heterocycles. The van der Waals surface area contributed by atoms with E-state index in [0.717, 1.165) is 19.3 Å². The van der Waals surface area contributed by atoms with Crippen LogP contribution in [0.4, 0.5) is 5.69 Å². The first-order valence-corrected chi connectivity index (χ1v) is 7.33. The molecule has 2 aromatic rings. The molecule has 0 aromatic heterocycles. The third-order valence-electron chi connectivity index (χ3n) is 3.01. The van der Waals surface area contributed by atoms with Gasteiger partial charge in [-0.3, -0.25) is 0 Å². The molecule has 2 rings (SSSR count). The number of rotatable bonds is 6. The lowest BCUT2D eigenvalue weighted by atomic mass is 10.1. The van der Waals surface area contributed by atoms with Crippen LogP contribution in [0.25, 0.3) is 0 Å². The predicted octanol–water partition coefficient (Wildman–Crippen LogP) is 4.98. The van der Waals surface area contributed by atoms with Gasteiger partial charge in [0, 0.05) is 6.07 Å². The van der Waals surface area contributed by atoms with Crippen molar-refractivity contribution in [1.29, 1.82) is 0 Å². The van der Waals surface area contributed by atoms with Gasteiger partial charge >= 0.3 is 0 Å². The predicted molar refractivity (Wildman–Crippen MR) is 85.7 cm³/mol. The van der Waals surface area contributed by atoms with Crippen molar-refractivity contribution in [2.45, 2.75) is 19.3 Å². The van der Waals surface area contributed by atoms with Gasteiger partial charge in [-0.2, -0.15) is 0 Å². The normalized spacial score (nSPS) is 10.5. The van der Waals surface area contributed by atoms with Crippen molar-refractivity contribution in [2.24, 2.45) is 0 Å². The van der Waals surface area contributed by atoms with Crippen LogP contribution in [0, 0.1) is 0 Å². The second-order valence-corrected chi connectivity index (χ2v) is 5.41. The van der Waals surface area contributed by atoms with Crippen molar-refractivity contribution in [3.05, 3.63) is 58.1 Å². The fourth-order valence-corrected chi connectivity index (χ4v) is 2.25. The highest BCUT2D eigenvalue weighted by molar-refractivity contribution is 6.42. The van der Waals surface area contributed by atoms with Gasteiger partial charge in [0.05, 0.1) is 22.3 Å². The molecule has 0 radical (unpaired) electrons. The standard InChI is InChI=1S/C16H17Cl2NO/c17-13-10-15(19)16(11-14(13)18)20-9-5-4-8-12-6-2-1-3-7-12/h1-3,6-7,10-11H,4-5,8-9,19H2. The van der Waals surface area contributed by atoms with Crippen LogP contribution in [0.15, 0.2) is 42.5 Å². The second-order valence-electron chi connectivity index (χ2n) is 4.60. The highest BCUT2D eigenvalue weighted by Crippen LogP contribution is 2.32. The molecule has 0 spiro atoms. The first kappa shape index (κ1) is 15.0. The fourth-order valence-electron chi connectivity index (χ4n) is 1.93. The topological polar surface area (TPSA) is 35.2 Å². The molecule has 0 saturated carbocycles. The molecule has 0 aliphatic rings. The maximum absolute atomic E-state index is 5.94. The number of hydrogen-bond donors (Lipinski definition) is 1. The van der Waals surface area contributed by atoms with Crippen LogP contribution >= 0.6 is 23.2 Å². The molecule has 0 amide bonds. The Morgan fingerprint density at radius 3 is 2.40 bits per heavy atom. The highest BCUT2D eigenvalue weighted by Gasteiger charge is 2.05. The number of halogens is 2. The van der Waals surface area contributed by atoms with E-state index < -0.39 is 0 Å². The average molecular weight is 310 g/mol. The van der Waals surface area contributed by atoms with E-state index in [1.165, 1.54) is 5.56 Å². The lowest BCUT2D eigenvalue weighted by Gasteiger charge is -2.10. The number of nitrogen functional groups attached to an aromatic ring is 1. The molecular weight excluding hydrogens is 293 g/mol. The molecule has 0 fully saturated rings. The van der Waals surface area contributed by atoms with Crippen LogP contribution in [0.3, 0.4) is 0 Å². The summed E-state index contributed by atoms with van der Waals surface area (Å²) in [5.74, 6) is 0.596. The SMILES string of the molecule is Nc1cc(Cl)c(Cl)cc1OCCCCc1ccccc1. The number of nitrogens with two attached hydrogens (primary N) is 1. The van der Waals surface area contributed by atoms with E-state index >= 15 is 0 Å². The van der Waals surface area contributed by atoms with Crippen LogP contribution in [0.2, 0.25) is 10.0 Å². The number of benzene rings is 2. The van der Waals surface area contributed by atoms with Crippen molar-refractivity contribution in [1.82, 2.24) is 0 Å².